The molecule has 168 valence electrons. The van der Waals surface area contributed by atoms with Crippen molar-refractivity contribution in [3.05, 3.63) is 47.8 Å². The molecular formula is C25H31N5O2. The maximum Gasteiger partial charge on any atom is 0.271 e. The molecule has 1 atom stereocenters. The largest absolute Gasteiger partial charge is 0.345 e. The lowest BCUT2D eigenvalue weighted by molar-refractivity contribution is -0.161. The Hall–Kier alpha value is -2.70. The summed E-state index contributed by atoms with van der Waals surface area (Å²) in [7, 11) is 0. The van der Waals surface area contributed by atoms with Crippen molar-refractivity contribution in [3.8, 4) is 0 Å². The van der Waals surface area contributed by atoms with Gasteiger partial charge in [-0.05, 0) is 75.3 Å². The lowest BCUT2D eigenvalue weighted by Gasteiger charge is -2.57. The molecule has 4 saturated carbocycles. The number of pyridine rings is 1. The van der Waals surface area contributed by atoms with Crippen molar-refractivity contribution in [1.82, 2.24) is 24.8 Å². The number of hydrogen-bond acceptors (Lipinski definition) is 4. The Kier molecular flexibility index (Phi) is 4.63. The van der Waals surface area contributed by atoms with E-state index < -0.39 is 0 Å². The fourth-order valence-electron chi connectivity index (χ4n) is 7.32. The van der Waals surface area contributed by atoms with Gasteiger partial charge in [0.25, 0.3) is 5.91 Å². The minimum absolute atomic E-state index is 0.110. The van der Waals surface area contributed by atoms with Gasteiger partial charge in [0.15, 0.2) is 0 Å². The number of carbonyl (C=O) groups is 2. The summed E-state index contributed by atoms with van der Waals surface area (Å²) in [6.07, 6.45) is 10.8. The molecule has 0 spiro atoms. The van der Waals surface area contributed by atoms with Crippen molar-refractivity contribution in [3.63, 3.8) is 0 Å². The van der Waals surface area contributed by atoms with E-state index in [1.165, 1.54) is 19.3 Å². The SMILES string of the molecule is C[C@H]1c2nc(C(=O)NCc3ccccn3)cn2CCN1C(=O)C12CC3CC(CC(C3)C1)C2. The minimum Gasteiger partial charge on any atom is -0.345 e. The molecule has 0 aromatic carbocycles. The molecule has 2 aromatic heterocycles. The van der Waals surface area contributed by atoms with Gasteiger partial charge >= 0.3 is 0 Å². The molecule has 4 bridgehead atoms. The number of nitrogens with zero attached hydrogens (tertiary/aromatic N) is 4. The zero-order valence-electron chi connectivity index (χ0n) is 18.7. The van der Waals surface area contributed by atoms with E-state index in [2.05, 4.69) is 27.1 Å². The molecular weight excluding hydrogens is 402 g/mol. The third kappa shape index (κ3) is 3.24. The van der Waals surface area contributed by atoms with Crippen LogP contribution in [0.4, 0.5) is 0 Å². The highest BCUT2D eigenvalue weighted by molar-refractivity contribution is 5.92. The minimum atomic E-state index is -0.205. The van der Waals surface area contributed by atoms with Gasteiger partial charge in [-0.25, -0.2) is 4.98 Å². The highest BCUT2D eigenvalue weighted by Gasteiger charge is 2.56. The Balaban J connectivity index is 1.18. The Morgan fingerprint density at radius 1 is 1.09 bits per heavy atom. The molecule has 1 N–H and O–H groups in total. The van der Waals surface area contributed by atoms with Gasteiger partial charge in [0.1, 0.15) is 11.5 Å². The summed E-state index contributed by atoms with van der Waals surface area (Å²) >= 11 is 0. The van der Waals surface area contributed by atoms with Crippen LogP contribution in [0.15, 0.2) is 30.6 Å². The van der Waals surface area contributed by atoms with Crippen molar-refractivity contribution in [2.75, 3.05) is 6.54 Å². The van der Waals surface area contributed by atoms with E-state index in [0.717, 1.165) is 48.5 Å². The maximum atomic E-state index is 13.9. The zero-order valence-corrected chi connectivity index (χ0v) is 18.7. The molecule has 7 heteroatoms. The van der Waals surface area contributed by atoms with Gasteiger partial charge in [-0.1, -0.05) is 6.07 Å². The first-order chi connectivity index (χ1) is 15.5. The number of carbonyl (C=O) groups excluding carboxylic acids is 2. The molecule has 0 saturated heterocycles. The van der Waals surface area contributed by atoms with Crippen molar-refractivity contribution >= 4 is 11.8 Å². The number of aromatic nitrogens is 3. The Morgan fingerprint density at radius 3 is 2.47 bits per heavy atom. The number of amides is 2. The van der Waals surface area contributed by atoms with Gasteiger partial charge in [0, 0.05) is 25.5 Å². The van der Waals surface area contributed by atoms with Crippen LogP contribution in [0.5, 0.6) is 0 Å². The summed E-state index contributed by atoms with van der Waals surface area (Å²) in [5.41, 5.74) is 1.08. The number of hydrogen-bond donors (Lipinski definition) is 1. The van der Waals surface area contributed by atoms with E-state index in [4.69, 9.17) is 0 Å². The van der Waals surface area contributed by atoms with Crippen LogP contribution in [0.1, 0.15) is 73.5 Å². The van der Waals surface area contributed by atoms with Crippen molar-refractivity contribution < 1.29 is 9.59 Å². The lowest BCUT2D eigenvalue weighted by atomic mass is 9.49. The Labute approximate surface area is 188 Å². The molecule has 32 heavy (non-hydrogen) atoms. The van der Waals surface area contributed by atoms with Crippen LogP contribution >= 0.6 is 0 Å². The number of rotatable bonds is 4. The fourth-order valence-corrected chi connectivity index (χ4v) is 7.32. The third-order valence-electron chi connectivity index (χ3n) is 8.37. The molecule has 7 rings (SSSR count). The highest BCUT2D eigenvalue weighted by Crippen LogP contribution is 2.61. The second-order valence-electron chi connectivity index (χ2n) is 10.6. The van der Waals surface area contributed by atoms with Gasteiger partial charge in [0.2, 0.25) is 5.91 Å². The summed E-state index contributed by atoms with van der Waals surface area (Å²) in [4.78, 5) is 37.5. The van der Waals surface area contributed by atoms with E-state index >= 15 is 0 Å². The fraction of sp³-hybridized carbons (Fsp3) is 0.600. The van der Waals surface area contributed by atoms with Crippen molar-refractivity contribution in [1.29, 1.82) is 0 Å². The van der Waals surface area contributed by atoms with E-state index in [-0.39, 0.29) is 17.4 Å². The van der Waals surface area contributed by atoms with E-state index in [1.54, 1.807) is 6.20 Å². The first kappa shape index (κ1) is 19.9. The number of fused-ring (bicyclic) bond motifs is 1. The van der Waals surface area contributed by atoms with Crippen LogP contribution in [0.3, 0.4) is 0 Å². The van der Waals surface area contributed by atoms with E-state index in [9.17, 15) is 9.59 Å². The molecule has 2 aromatic rings. The molecule has 7 nitrogen and oxygen atoms in total. The van der Waals surface area contributed by atoms with Crippen LogP contribution in [-0.4, -0.2) is 37.8 Å². The van der Waals surface area contributed by atoms with Gasteiger partial charge < -0.3 is 14.8 Å². The normalized spacial score (nSPS) is 32.6. The molecule has 3 heterocycles. The standard InChI is InChI=1S/C25H31N5O2/c1-16-22-28-21(23(31)27-14-20-4-2-3-5-26-20)15-29(22)6-7-30(16)24(32)25-11-17-8-18(12-25)10-19(9-17)13-25/h2-5,15-19H,6-14H2,1H3,(H,27,31)/t16-,17?,18?,19?,25?/m0/s1. The molecule has 5 aliphatic rings. The zero-order chi connectivity index (χ0) is 21.9. The van der Waals surface area contributed by atoms with Gasteiger partial charge in [-0.15, -0.1) is 0 Å². The highest BCUT2D eigenvalue weighted by atomic mass is 16.2. The monoisotopic (exact) mass is 433 g/mol. The molecule has 0 radical (unpaired) electrons. The summed E-state index contributed by atoms with van der Waals surface area (Å²) < 4.78 is 2.05. The van der Waals surface area contributed by atoms with Gasteiger partial charge in [-0.2, -0.15) is 0 Å². The summed E-state index contributed by atoms with van der Waals surface area (Å²) in [5, 5.41) is 2.90. The van der Waals surface area contributed by atoms with Crippen LogP contribution in [-0.2, 0) is 17.9 Å². The van der Waals surface area contributed by atoms with Crippen LogP contribution in [0, 0.1) is 23.2 Å². The lowest BCUT2D eigenvalue weighted by Crippen LogP contribution is -2.56. The van der Waals surface area contributed by atoms with Crippen LogP contribution in [0.2, 0.25) is 0 Å². The van der Waals surface area contributed by atoms with Crippen molar-refractivity contribution in [2.24, 2.45) is 23.2 Å². The Bertz CT molecular complexity index is 1010. The van der Waals surface area contributed by atoms with Crippen LogP contribution in [0.25, 0.3) is 0 Å². The molecule has 2 amide bonds. The second kappa shape index (κ2) is 7.42. The first-order valence-electron chi connectivity index (χ1n) is 12.1. The molecule has 4 fully saturated rings. The summed E-state index contributed by atoms with van der Waals surface area (Å²) in [6, 6.07) is 5.53. The average molecular weight is 434 g/mol. The molecule has 4 aliphatic carbocycles. The first-order valence-corrected chi connectivity index (χ1v) is 12.1. The Morgan fingerprint density at radius 2 is 1.81 bits per heavy atom. The smallest absolute Gasteiger partial charge is 0.271 e. The van der Waals surface area contributed by atoms with Crippen LogP contribution < -0.4 is 5.32 Å². The topological polar surface area (TPSA) is 80.1 Å². The van der Waals surface area contributed by atoms with E-state index in [0.29, 0.717) is 31.2 Å². The quantitative estimate of drug-likeness (QED) is 0.802. The predicted molar refractivity (Wildman–Crippen MR) is 118 cm³/mol. The second-order valence-corrected chi connectivity index (χ2v) is 10.6. The number of imidazole rings is 1. The van der Waals surface area contributed by atoms with Gasteiger partial charge in [0.05, 0.1) is 23.7 Å². The summed E-state index contributed by atoms with van der Waals surface area (Å²) in [5.74, 6) is 3.21. The average Bonchev–Trinajstić information content (AvgIpc) is 3.23. The van der Waals surface area contributed by atoms with Crippen molar-refractivity contribution in [2.45, 2.75) is 64.6 Å². The molecule has 0 unspecified atom stereocenters. The molecule has 1 aliphatic heterocycles. The third-order valence-corrected chi connectivity index (χ3v) is 8.37. The van der Waals surface area contributed by atoms with Gasteiger partial charge in [-0.3, -0.25) is 14.6 Å². The van der Waals surface area contributed by atoms with E-state index in [1.807, 2.05) is 29.0 Å². The number of nitrogens with one attached hydrogen (secondary N) is 1. The summed E-state index contributed by atoms with van der Waals surface area (Å²) in [6.45, 7) is 3.82. The maximum absolute atomic E-state index is 13.9. The predicted octanol–water partition coefficient (Wildman–Crippen LogP) is 3.33.